The Kier molecular flexibility index (Phi) is 11.5. The lowest BCUT2D eigenvalue weighted by Crippen LogP contribution is -2.47. The van der Waals surface area contributed by atoms with Crippen LogP contribution in [0.25, 0.3) is 0 Å². The summed E-state index contributed by atoms with van der Waals surface area (Å²) < 4.78 is 0. The van der Waals surface area contributed by atoms with Crippen molar-refractivity contribution in [1.29, 1.82) is 0 Å². The van der Waals surface area contributed by atoms with E-state index in [4.69, 9.17) is 0 Å². The number of aromatic carboxylic acids is 1. The van der Waals surface area contributed by atoms with Gasteiger partial charge in [0.15, 0.2) is 0 Å². The van der Waals surface area contributed by atoms with Crippen molar-refractivity contribution in [2.45, 2.75) is 13.1 Å². The Morgan fingerprint density at radius 2 is 1.29 bits per heavy atom. The predicted molar refractivity (Wildman–Crippen MR) is 145 cm³/mol. The number of hydrogen-bond donors (Lipinski definition) is 4. The number of non-ortho nitro benzene ring substituents is 1. The third-order valence-corrected chi connectivity index (χ3v) is 6.73. The van der Waals surface area contributed by atoms with Crippen LogP contribution in [0, 0.1) is 10.1 Å². The lowest BCUT2D eigenvalue weighted by molar-refractivity contribution is -0.385. The van der Waals surface area contributed by atoms with E-state index in [-0.39, 0.29) is 36.8 Å². The van der Waals surface area contributed by atoms with Gasteiger partial charge in [-0.1, -0.05) is 6.07 Å². The average Bonchev–Trinajstić information content (AvgIpc) is 2.90. The van der Waals surface area contributed by atoms with Crippen LogP contribution in [0.1, 0.15) is 21.7 Å². The number of hydrogen-bond acceptors (Lipinski definition) is 11. The fraction of sp³-hybridized carbons (Fsp3) is 0.462. The number of nitro groups is 1. The zero-order chi connectivity index (χ0) is 29.9. The normalized spacial score (nSPS) is 16.9. The van der Waals surface area contributed by atoms with Crippen LogP contribution >= 0.6 is 0 Å². The molecule has 15 nitrogen and oxygen atoms in total. The largest absolute Gasteiger partial charge is 0.508 e. The van der Waals surface area contributed by atoms with Crippen molar-refractivity contribution in [2.75, 3.05) is 65.4 Å². The second-order valence-electron chi connectivity index (χ2n) is 9.78. The Morgan fingerprint density at radius 3 is 1.78 bits per heavy atom. The van der Waals surface area contributed by atoms with E-state index in [9.17, 15) is 44.9 Å². The molecule has 0 radical (unpaired) electrons. The van der Waals surface area contributed by atoms with Crippen LogP contribution in [-0.2, 0) is 22.7 Å². The zero-order valence-corrected chi connectivity index (χ0v) is 22.5. The molecule has 1 aliphatic rings. The topological polar surface area (TPSA) is 201 Å². The van der Waals surface area contributed by atoms with Crippen LogP contribution < -0.4 is 0 Å². The number of carboxylic acids is 3. The summed E-state index contributed by atoms with van der Waals surface area (Å²) in [5, 5.41) is 49.8. The number of pyridine rings is 1. The average molecular weight is 575 g/mol. The van der Waals surface area contributed by atoms with Gasteiger partial charge in [-0.15, -0.1) is 0 Å². The summed E-state index contributed by atoms with van der Waals surface area (Å²) in [5.41, 5.74) is 0.597. The lowest BCUT2D eigenvalue weighted by Gasteiger charge is -2.33. The lowest BCUT2D eigenvalue weighted by atomic mass is 10.1. The number of nitro benzene ring substituents is 1. The van der Waals surface area contributed by atoms with E-state index in [0.717, 1.165) is 0 Å². The molecular formula is C26H34N6O9. The Labute approximate surface area is 236 Å². The number of aromatic nitrogens is 1. The maximum Gasteiger partial charge on any atom is 0.354 e. The minimum absolute atomic E-state index is 0.0910. The molecule has 0 saturated carbocycles. The summed E-state index contributed by atoms with van der Waals surface area (Å²) in [6, 6.07) is 8.45. The molecule has 15 heteroatoms. The molecule has 2 aromatic rings. The third-order valence-electron chi connectivity index (χ3n) is 6.73. The van der Waals surface area contributed by atoms with Crippen molar-refractivity contribution in [1.82, 2.24) is 24.6 Å². The van der Waals surface area contributed by atoms with Crippen LogP contribution in [0.15, 0.2) is 36.4 Å². The first kappa shape index (κ1) is 31.3. The Balaban J connectivity index is 1.81. The quantitative estimate of drug-likeness (QED) is 0.225. The maximum absolute atomic E-state index is 11.6. The van der Waals surface area contributed by atoms with Gasteiger partial charge in [0.1, 0.15) is 11.4 Å². The maximum atomic E-state index is 11.6. The van der Waals surface area contributed by atoms with Crippen LogP contribution in [0.2, 0.25) is 0 Å². The van der Waals surface area contributed by atoms with Gasteiger partial charge in [-0.3, -0.25) is 39.3 Å². The molecule has 0 aliphatic carbocycles. The van der Waals surface area contributed by atoms with Crippen LogP contribution in [0.5, 0.6) is 5.75 Å². The smallest absolute Gasteiger partial charge is 0.354 e. The molecule has 222 valence electrons. The summed E-state index contributed by atoms with van der Waals surface area (Å²) >= 11 is 0. The first-order valence-electron chi connectivity index (χ1n) is 13.0. The van der Waals surface area contributed by atoms with Crippen molar-refractivity contribution in [3.63, 3.8) is 0 Å². The highest BCUT2D eigenvalue weighted by Gasteiger charge is 2.21. The molecule has 1 fully saturated rings. The summed E-state index contributed by atoms with van der Waals surface area (Å²) in [6.07, 6.45) is 0. The molecular weight excluding hydrogens is 540 g/mol. The van der Waals surface area contributed by atoms with E-state index in [1.165, 1.54) is 24.3 Å². The number of phenolic OH excluding ortho intramolecular Hbond substituents is 1. The molecule has 1 saturated heterocycles. The molecule has 1 aliphatic heterocycles. The van der Waals surface area contributed by atoms with Crippen LogP contribution in [0.3, 0.4) is 0 Å². The Bertz CT molecular complexity index is 1210. The number of aliphatic carboxylic acids is 2. The standard InChI is InChI=1S/C26H34N6O9/c33-23-5-4-21(32(40)41)14-19(23)15-28-6-10-30(17-24(34)35)12-8-29(9-13-31(11-7-28)18-25(36)37)16-20-2-1-3-22(27-20)26(38)39/h1-5,14,33H,6-13,15-18H2,(H,34,35)(H,36,37)(H,38,39). The minimum atomic E-state index is -1.15. The number of phenols is 1. The number of carbonyl (C=O) groups is 3. The molecule has 0 bridgehead atoms. The molecule has 4 N–H and O–H groups in total. The van der Waals surface area contributed by atoms with E-state index >= 15 is 0 Å². The number of rotatable bonds is 10. The van der Waals surface area contributed by atoms with E-state index in [1.54, 1.807) is 21.9 Å². The summed E-state index contributed by atoms with van der Waals surface area (Å²) in [4.78, 5) is 56.8. The van der Waals surface area contributed by atoms with Crippen molar-refractivity contribution in [3.05, 3.63) is 63.5 Å². The number of benzene rings is 1. The second-order valence-corrected chi connectivity index (χ2v) is 9.78. The number of aromatic hydroxyl groups is 1. The van der Waals surface area contributed by atoms with E-state index in [1.807, 2.05) is 9.80 Å². The molecule has 1 aromatic heterocycles. The van der Waals surface area contributed by atoms with Gasteiger partial charge in [0.25, 0.3) is 5.69 Å². The first-order chi connectivity index (χ1) is 19.5. The molecule has 3 rings (SSSR count). The highest BCUT2D eigenvalue weighted by Crippen LogP contribution is 2.24. The molecule has 0 atom stereocenters. The highest BCUT2D eigenvalue weighted by molar-refractivity contribution is 5.85. The van der Waals surface area contributed by atoms with Gasteiger partial charge in [-0.05, 0) is 18.2 Å². The van der Waals surface area contributed by atoms with Crippen molar-refractivity contribution in [3.8, 4) is 5.75 Å². The summed E-state index contributed by atoms with van der Waals surface area (Å²) in [5.74, 6) is -3.27. The van der Waals surface area contributed by atoms with Gasteiger partial charge in [-0.2, -0.15) is 0 Å². The Hall–Kier alpha value is -4.18. The van der Waals surface area contributed by atoms with Gasteiger partial charge in [-0.25, -0.2) is 9.78 Å². The monoisotopic (exact) mass is 574 g/mol. The van der Waals surface area contributed by atoms with Gasteiger partial charge in [0, 0.05) is 83.1 Å². The SMILES string of the molecule is O=C(O)CN1CCN(Cc2cccc(C(=O)O)n2)CCN(CC(=O)O)CCN(Cc2cc([N+](=O)[O-])ccc2O)CC1. The van der Waals surface area contributed by atoms with Crippen LogP contribution in [-0.4, -0.2) is 133 Å². The minimum Gasteiger partial charge on any atom is -0.508 e. The molecule has 2 heterocycles. The Morgan fingerprint density at radius 1 is 0.780 bits per heavy atom. The zero-order valence-electron chi connectivity index (χ0n) is 22.5. The molecule has 0 unspecified atom stereocenters. The molecule has 1 aromatic carbocycles. The molecule has 0 amide bonds. The van der Waals surface area contributed by atoms with Crippen molar-refractivity contribution >= 4 is 23.6 Å². The third kappa shape index (κ3) is 10.4. The van der Waals surface area contributed by atoms with E-state index < -0.39 is 22.8 Å². The van der Waals surface area contributed by atoms with Gasteiger partial charge in [0.05, 0.1) is 23.7 Å². The van der Waals surface area contributed by atoms with E-state index in [0.29, 0.717) is 70.2 Å². The summed E-state index contributed by atoms with van der Waals surface area (Å²) in [7, 11) is 0. The number of carboxylic acid groups (broad SMARTS) is 3. The van der Waals surface area contributed by atoms with Crippen molar-refractivity contribution < 1.29 is 39.7 Å². The van der Waals surface area contributed by atoms with Gasteiger partial charge < -0.3 is 20.4 Å². The first-order valence-corrected chi connectivity index (χ1v) is 13.0. The van der Waals surface area contributed by atoms with Crippen molar-refractivity contribution in [2.24, 2.45) is 0 Å². The summed E-state index contributed by atoms with van der Waals surface area (Å²) in [6.45, 7) is 2.94. The van der Waals surface area contributed by atoms with Gasteiger partial charge in [0.2, 0.25) is 0 Å². The van der Waals surface area contributed by atoms with E-state index in [2.05, 4.69) is 4.98 Å². The fourth-order valence-corrected chi connectivity index (χ4v) is 4.56. The highest BCUT2D eigenvalue weighted by atomic mass is 16.6. The van der Waals surface area contributed by atoms with Crippen LogP contribution in [0.4, 0.5) is 5.69 Å². The predicted octanol–water partition coefficient (Wildman–Crippen LogP) is 0.485. The molecule has 0 spiro atoms. The molecule has 41 heavy (non-hydrogen) atoms. The second kappa shape index (κ2) is 15.0. The fourth-order valence-electron chi connectivity index (χ4n) is 4.56. The number of nitrogens with zero attached hydrogens (tertiary/aromatic N) is 6. The van der Waals surface area contributed by atoms with Gasteiger partial charge >= 0.3 is 17.9 Å².